The fourth-order valence-electron chi connectivity index (χ4n) is 5.45. The number of anilines is 1. The van der Waals surface area contributed by atoms with E-state index in [4.69, 9.17) is 27.9 Å². The summed E-state index contributed by atoms with van der Waals surface area (Å²) >= 11 is 12.5. The van der Waals surface area contributed by atoms with Gasteiger partial charge in [0.25, 0.3) is 5.91 Å². The van der Waals surface area contributed by atoms with Gasteiger partial charge in [-0.05, 0) is 36.1 Å². The van der Waals surface area contributed by atoms with Crippen molar-refractivity contribution in [2.24, 2.45) is 0 Å². The highest BCUT2D eigenvalue weighted by atomic mass is 35.5. The third-order valence-electron chi connectivity index (χ3n) is 7.49. The lowest BCUT2D eigenvalue weighted by molar-refractivity contribution is -0.143. The molecule has 37 heavy (non-hydrogen) atoms. The van der Waals surface area contributed by atoms with Gasteiger partial charge in [0.15, 0.2) is 0 Å². The van der Waals surface area contributed by atoms with Crippen LogP contribution in [-0.4, -0.2) is 73.1 Å². The van der Waals surface area contributed by atoms with E-state index in [-0.39, 0.29) is 18.2 Å². The standard InChI is InChI=1S/C29H31Cl2N3O3/c1-29(20-21-9-10-24(30)25(31)19-21)28(36)33(26-8-4-6-22-5-2-3-7-23(22)26)12-11-27(35)34(29)14-13-32-15-17-37-18-16-32/h2-10,19H,11-18,20H2,1H3. The SMILES string of the molecule is CC1(Cc2ccc(Cl)c(Cl)c2)C(=O)N(c2cccc3ccccc23)CCC(=O)N1CCN1CCOCC1. The maximum Gasteiger partial charge on any atom is 0.253 e. The number of carbonyl (C=O) groups is 2. The Labute approximate surface area is 227 Å². The average Bonchev–Trinajstić information content (AvgIpc) is 2.99. The summed E-state index contributed by atoms with van der Waals surface area (Å²) in [6.45, 7) is 6.38. The van der Waals surface area contributed by atoms with Crippen molar-refractivity contribution < 1.29 is 14.3 Å². The highest BCUT2D eigenvalue weighted by molar-refractivity contribution is 6.42. The molecule has 6 nitrogen and oxygen atoms in total. The van der Waals surface area contributed by atoms with Gasteiger partial charge in [0.05, 0.1) is 28.9 Å². The van der Waals surface area contributed by atoms with E-state index in [0.29, 0.717) is 49.3 Å². The zero-order valence-corrected chi connectivity index (χ0v) is 22.5. The van der Waals surface area contributed by atoms with Crippen molar-refractivity contribution in [3.05, 3.63) is 76.3 Å². The molecule has 2 heterocycles. The normalized spacial score (nSPS) is 21.5. The molecular formula is C29H31Cl2N3O3. The molecule has 0 aliphatic carbocycles. The van der Waals surface area contributed by atoms with Crippen molar-refractivity contribution in [3.63, 3.8) is 0 Å². The van der Waals surface area contributed by atoms with Gasteiger partial charge in [-0.25, -0.2) is 0 Å². The summed E-state index contributed by atoms with van der Waals surface area (Å²) < 4.78 is 5.48. The van der Waals surface area contributed by atoms with Crippen LogP contribution in [0.5, 0.6) is 0 Å². The molecule has 2 aliphatic heterocycles. The van der Waals surface area contributed by atoms with E-state index < -0.39 is 5.54 Å². The van der Waals surface area contributed by atoms with E-state index in [1.54, 1.807) is 21.9 Å². The topological polar surface area (TPSA) is 53.1 Å². The van der Waals surface area contributed by atoms with Crippen LogP contribution < -0.4 is 4.90 Å². The summed E-state index contributed by atoms with van der Waals surface area (Å²) in [5, 5.41) is 2.93. The highest BCUT2D eigenvalue weighted by Crippen LogP contribution is 2.35. The number of hydrogen-bond donors (Lipinski definition) is 0. The predicted octanol–water partition coefficient (Wildman–Crippen LogP) is 5.05. The van der Waals surface area contributed by atoms with Gasteiger partial charge in [0, 0.05) is 51.0 Å². The molecule has 2 fully saturated rings. The first-order valence-corrected chi connectivity index (χ1v) is 13.5. The molecule has 0 N–H and O–H groups in total. The van der Waals surface area contributed by atoms with Crippen molar-refractivity contribution in [1.82, 2.24) is 9.80 Å². The molecule has 0 bridgehead atoms. The third kappa shape index (κ3) is 5.34. The first-order chi connectivity index (χ1) is 17.9. The fraction of sp³-hybridized carbons (Fsp3) is 0.379. The molecule has 0 spiro atoms. The van der Waals surface area contributed by atoms with E-state index >= 15 is 0 Å². The number of ether oxygens (including phenoxy) is 1. The van der Waals surface area contributed by atoms with Crippen LogP contribution in [0.1, 0.15) is 18.9 Å². The van der Waals surface area contributed by atoms with Crippen LogP contribution in [0.3, 0.4) is 0 Å². The average molecular weight is 540 g/mol. The second-order valence-electron chi connectivity index (χ2n) is 9.90. The number of amides is 2. The number of fused-ring (bicyclic) bond motifs is 1. The smallest absolute Gasteiger partial charge is 0.253 e. The van der Waals surface area contributed by atoms with Gasteiger partial charge < -0.3 is 14.5 Å². The molecule has 0 aromatic heterocycles. The largest absolute Gasteiger partial charge is 0.379 e. The van der Waals surface area contributed by atoms with E-state index in [1.807, 2.05) is 55.5 Å². The molecule has 2 amide bonds. The van der Waals surface area contributed by atoms with E-state index in [1.165, 1.54) is 0 Å². The van der Waals surface area contributed by atoms with Crippen molar-refractivity contribution in [3.8, 4) is 0 Å². The maximum absolute atomic E-state index is 14.5. The quantitative estimate of drug-likeness (QED) is 0.440. The zero-order valence-electron chi connectivity index (χ0n) is 21.0. The highest BCUT2D eigenvalue weighted by Gasteiger charge is 2.47. The summed E-state index contributed by atoms with van der Waals surface area (Å²) in [4.78, 5) is 34.0. The Morgan fingerprint density at radius 1 is 0.892 bits per heavy atom. The summed E-state index contributed by atoms with van der Waals surface area (Å²) in [6, 6.07) is 19.4. The van der Waals surface area contributed by atoms with Crippen molar-refractivity contribution >= 4 is 51.5 Å². The van der Waals surface area contributed by atoms with Crippen LogP contribution in [0.4, 0.5) is 5.69 Å². The fourth-order valence-corrected chi connectivity index (χ4v) is 5.78. The molecule has 3 aromatic rings. The maximum atomic E-state index is 14.5. The molecule has 5 rings (SSSR count). The lowest BCUT2D eigenvalue weighted by Gasteiger charge is -2.41. The van der Waals surface area contributed by atoms with Gasteiger partial charge in [0.1, 0.15) is 5.54 Å². The number of rotatable bonds is 6. The number of morpholine rings is 1. The van der Waals surface area contributed by atoms with Gasteiger partial charge in [-0.1, -0.05) is 65.7 Å². The Morgan fingerprint density at radius 2 is 1.65 bits per heavy atom. The van der Waals surface area contributed by atoms with Crippen molar-refractivity contribution in [2.45, 2.75) is 25.3 Å². The van der Waals surface area contributed by atoms with Crippen LogP contribution in [0, 0.1) is 0 Å². The van der Waals surface area contributed by atoms with E-state index in [2.05, 4.69) is 4.90 Å². The summed E-state index contributed by atoms with van der Waals surface area (Å²) in [5.74, 6) is -0.116. The van der Waals surface area contributed by atoms with Gasteiger partial charge in [-0.3, -0.25) is 14.5 Å². The second kappa shape index (κ2) is 11.0. The molecule has 2 saturated heterocycles. The number of hydrogen-bond acceptors (Lipinski definition) is 4. The minimum atomic E-state index is -1.10. The molecule has 8 heteroatoms. The van der Waals surface area contributed by atoms with E-state index in [0.717, 1.165) is 35.1 Å². The monoisotopic (exact) mass is 539 g/mol. The predicted molar refractivity (Wildman–Crippen MR) is 148 cm³/mol. The first kappa shape index (κ1) is 26.0. The van der Waals surface area contributed by atoms with Crippen LogP contribution >= 0.6 is 23.2 Å². The lowest BCUT2D eigenvalue weighted by Crippen LogP contribution is -2.60. The molecule has 0 radical (unpaired) electrons. The Balaban J connectivity index is 1.54. The minimum absolute atomic E-state index is 0.0214. The molecule has 0 saturated carbocycles. The van der Waals surface area contributed by atoms with Crippen LogP contribution in [0.25, 0.3) is 10.8 Å². The van der Waals surface area contributed by atoms with Crippen molar-refractivity contribution in [1.29, 1.82) is 0 Å². The van der Waals surface area contributed by atoms with Crippen LogP contribution in [-0.2, 0) is 20.7 Å². The molecule has 3 aromatic carbocycles. The minimum Gasteiger partial charge on any atom is -0.379 e. The third-order valence-corrected chi connectivity index (χ3v) is 8.22. The molecule has 2 aliphatic rings. The summed E-state index contributed by atoms with van der Waals surface area (Å²) in [6.07, 6.45) is 0.591. The Bertz CT molecular complexity index is 1310. The number of carbonyl (C=O) groups excluding carboxylic acids is 2. The summed E-state index contributed by atoms with van der Waals surface area (Å²) in [5.41, 5.74) is 0.578. The zero-order chi connectivity index (χ0) is 26.0. The second-order valence-corrected chi connectivity index (χ2v) is 10.7. The number of nitrogens with zero attached hydrogens (tertiary/aromatic N) is 3. The van der Waals surface area contributed by atoms with Gasteiger partial charge in [-0.2, -0.15) is 0 Å². The van der Waals surface area contributed by atoms with Gasteiger partial charge >= 0.3 is 0 Å². The first-order valence-electron chi connectivity index (χ1n) is 12.7. The lowest BCUT2D eigenvalue weighted by atomic mass is 9.88. The van der Waals surface area contributed by atoms with Crippen molar-refractivity contribution in [2.75, 3.05) is 50.8 Å². The van der Waals surface area contributed by atoms with Gasteiger partial charge in [0.2, 0.25) is 5.91 Å². The van der Waals surface area contributed by atoms with Gasteiger partial charge in [-0.15, -0.1) is 0 Å². The molecule has 1 atom stereocenters. The Morgan fingerprint density at radius 3 is 2.43 bits per heavy atom. The number of halogens is 2. The Hall–Kier alpha value is -2.64. The summed E-state index contributed by atoms with van der Waals surface area (Å²) in [7, 11) is 0. The Kier molecular flexibility index (Phi) is 7.72. The molecule has 194 valence electrons. The van der Waals surface area contributed by atoms with Crippen LogP contribution in [0.15, 0.2) is 60.7 Å². The van der Waals surface area contributed by atoms with Crippen LogP contribution in [0.2, 0.25) is 10.0 Å². The number of benzene rings is 3. The van der Waals surface area contributed by atoms with E-state index in [9.17, 15) is 9.59 Å². The molecular weight excluding hydrogens is 509 g/mol. The molecule has 1 unspecified atom stereocenters.